The van der Waals surface area contributed by atoms with E-state index in [1.807, 2.05) is 0 Å². The van der Waals surface area contributed by atoms with Crippen molar-refractivity contribution in [2.75, 3.05) is 6.54 Å². The van der Waals surface area contributed by atoms with Gasteiger partial charge in [-0.25, -0.2) is 4.79 Å². The Morgan fingerprint density at radius 1 is 1.20 bits per heavy atom. The third kappa shape index (κ3) is 4.33. The van der Waals surface area contributed by atoms with Crippen molar-refractivity contribution in [2.24, 2.45) is 0 Å². The molecule has 0 aromatic heterocycles. The topological polar surface area (TPSA) is 78.8 Å². The lowest BCUT2D eigenvalue weighted by Crippen LogP contribution is -2.31. The number of aromatic hydroxyl groups is 2. The highest BCUT2D eigenvalue weighted by Crippen LogP contribution is 2.25. The maximum absolute atomic E-state index is 11.6. The minimum atomic E-state index is -0.375. The van der Waals surface area contributed by atoms with E-state index in [1.165, 1.54) is 18.6 Å². The van der Waals surface area contributed by atoms with Gasteiger partial charge in [-0.15, -0.1) is 0 Å². The van der Waals surface area contributed by atoms with Crippen LogP contribution >= 0.6 is 0 Å². The summed E-state index contributed by atoms with van der Waals surface area (Å²) < 4.78 is 5.33. The minimum absolute atomic E-state index is 0.0569. The molecule has 3 N–H and O–H groups in total. The Kier molecular flexibility index (Phi) is 5.09. The second-order valence-corrected chi connectivity index (χ2v) is 5.17. The average Bonchev–Trinajstić information content (AvgIpc) is 2.44. The van der Waals surface area contributed by atoms with Gasteiger partial charge in [-0.1, -0.05) is 12.5 Å². The third-order valence-electron chi connectivity index (χ3n) is 3.55. The highest BCUT2D eigenvalue weighted by molar-refractivity contribution is 5.67. The summed E-state index contributed by atoms with van der Waals surface area (Å²) >= 11 is 0. The first-order valence-electron chi connectivity index (χ1n) is 7.10. The molecule has 1 aliphatic rings. The maximum Gasteiger partial charge on any atom is 0.407 e. The van der Waals surface area contributed by atoms with E-state index >= 15 is 0 Å². The van der Waals surface area contributed by atoms with Crippen LogP contribution < -0.4 is 5.32 Å². The number of amides is 1. The molecule has 2 rings (SSSR count). The molecule has 1 fully saturated rings. The summed E-state index contributed by atoms with van der Waals surface area (Å²) in [6, 6.07) is 4.64. The summed E-state index contributed by atoms with van der Waals surface area (Å²) in [4.78, 5) is 11.6. The van der Waals surface area contributed by atoms with Crippen LogP contribution in [0.15, 0.2) is 18.2 Å². The highest BCUT2D eigenvalue weighted by atomic mass is 16.6. The molecule has 1 saturated carbocycles. The van der Waals surface area contributed by atoms with E-state index < -0.39 is 0 Å². The van der Waals surface area contributed by atoms with Crippen LogP contribution in [0.5, 0.6) is 11.5 Å². The number of alkyl carbamates (subject to hydrolysis) is 1. The number of hydrogen-bond donors (Lipinski definition) is 3. The van der Waals surface area contributed by atoms with Crippen LogP contribution in [-0.4, -0.2) is 29.0 Å². The lowest BCUT2D eigenvalue weighted by Gasteiger charge is -2.21. The van der Waals surface area contributed by atoms with Crippen molar-refractivity contribution in [1.82, 2.24) is 5.32 Å². The van der Waals surface area contributed by atoms with Gasteiger partial charge in [-0.3, -0.25) is 0 Å². The smallest absolute Gasteiger partial charge is 0.407 e. The van der Waals surface area contributed by atoms with Gasteiger partial charge in [0.2, 0.25) is 0 Å². The van der Waals surface area contributed by atoms with Gasteiger partial charge in [0, 0.05) is 6.54 Å². The summed E-state index contributed by atoms with van der Waals surface area (Å²) in [5, 5.41) is 21.3. The number of phenols is 2. The molecule has 0 heterocycles. The molecular formula is C15H21NO4. The van der Waals surface area contributed by atoms with Crippen LogP contribution in [-0.2, 0) is 11.2 Å². The van der Waals surface area contributed by atoms with Gasteiger partial charge in [0.25, 0.3) is 0 Å². The summed E-state index contributed by atoms with van der Waals surface area (Å²) in [6.07, 6.45) is 5.66. The van der Waals surface area contributed by atoms with Gasteiger partial charge in [-0.05, 0) is 49.8 Å². The molecule has 20 heavy (non-hydrogen) atoms. The van der Waals surface area contributed by atoms with Crippen LogP contribution in [0, 0.1) is 0 Å². The number of carbonyl (C=O) groups is 1. The highest BCUT2D eigenvalue weighted by Gasteiger charge is 2.17. The first kappa shape index (κ1) is 14.5. The molecule has 0 spiro atoms. The fourth-order valence-corrected chi connectivity index (χ4v) is 2.41. The van der Waals surface area contributed by atoms with Crippen LogP contribution in [0.2, 0.25) is 0 Å². The van der Waals surface area contributed by atoms with Crippen molar-refractivity contribution in [3.63, 3.8) is 0 Å². The predicted molar refractivity (Wildman–Crippen MR) is 74.8 cm³/mol. The Bertz CT molecular complexity index is 455. The Hall–Kier alpha value is -1.91. The van der Waals surface area contributed by atoms with E-state index in [9.17, 15) is 15.0 Å². The minimum Gasteiger partial charge on any atom is -0.504 e. The second kappa shape index (κ2) is 7.03. The molecule has 5 heteroatoms. The Morgan fingerprint density at radius 2 is 1.95 bits per heavy atom. The first-order valence-corrected chi connectivity index (χ1v) is 7.10. The quantitative estimate of drug-likeness (QED) is 0.740. The second-order valence-electron chi connectivity index (χ2n) is 5.17. The number of carbonyl (C=O) groups excluding carboxylic acids is 1. The monoisotopic (exact) mass is 279 g/mol. The first-order chi connectivity index (χ1) is 9.65. The fourth-order valence-electron chi connectivity index (χ4n) is 2.41. The zero-order chi connectivity index (χ0) is 14.4. The number of nitrogens with one attached hydrogen (secondary N) is 1. The van der Waals surface area contributed by atoms with E-state index in [1.54, 1.807) is 6.07 Å². The molecule has 1 aromatic carbocycles. The van der Waals surface area contributed by atoms with Crippen LogP contribution in [0.4, 0.5) is 4.79 Å². The van der Waals surface area contributed by atoms with Gasteiger partial charge in [-0.2, -0.15) is 0 Å². The van der Waals surface area contributed by atoms with E-state index in [0.717, 1.165) is 31.2 Å². The molecule has 0 atom stereocenters. The number of ether oxygens (including phenoxy) is 1. The van der Waals surface area contributed by atoms with Crippen LogP contribution in [0.25, 0.3) is 0 Å². The zero-order valence-electron chi connectivity index (χ0n) is 11.5. The molecule has 1 amide bonds. The molecule has 110 valence electrons. The van der Waals surface area contributed by atoms with Gasteiger partial charge in [0.1, 0.15) is 6.10 Å². The number of benzene rings is 1. The normalized spacial score (nSPS) is 15.8. The van der Waals surface area contributed by atoms with Gasteiger partial charge in [0.15, 0.2) is 11.5 Å². The summed E-state index contributed by atoms with van der Waals surface area (Å²) in [5.74, 6) is -0.286. The third-order valence-corrected chi connectivity index (χ3v) is 3.55. The summed E-state index contributed by atoms with van der Waals surface area (Å²) in [6.45, 7) is 0.440. The van der Waals surface area contributed by atoms with E-state index in [-0.39, 0.29) is 23.7 Å². The fraction of sp³-hybridized carbons (Fsp3) is 0.533. The standard InChI is InChI=1S/C15H21NO4/c17-13-7-6-11(10-14(13)18)8-9-16-15(19)20-12-4-2-1-3-5-12/h6-7,10,12,17-18H,1-5,8-9H2,(H,16,19). The van der Waals surface area contributed by atoms with Crippen LogP contribution in [0.1, 0.15) is 37.7 Å². The molecule has 0 aliphatic heterocycles. The lowest BCUT2D eigenvalue weighted by atomic mass is 9.98. The van der Waals surface area contributed by atoms with E-state index in [0.29, 0.717) is 13.0 Å². The van der Waals surface area contributed by atoms with Gasteiger partial charge < -0.3 is 20.3 Å². The Balaban J connectivity index is 1.69. The van der Waals surface area contributed by atoms with Crippen molar-refractivity contribution < 1.29 is 19.7 Å². The van der Waals surface area contributed by atoms with Crippen molar-refractivity contribution in [3.05, 3.63) is 23.8 Å². The van der Waals surface area contributed by atoms with E-state index in [4.69, 9.17) is 4.74 Å². The molecule has 0 unspecified atom stereocenters. The van der Waals surface area contributed by atoms with E-state index in [2.05, 4.69) is 5.32 Å². The van der Waals surface area contributed by atoms with Crippen LogP contribution in [0.3, 0.4) is 0 Å². The average molecular weight is 279 g/mol. The molecule has 0 saturated heterocycles. The Labute approximate surface area is 118 Å². The Morgan fingerprint density at radius 3 is 2.65 bits per heavy atom. The number of phenolic OH excluding ortho intramolecular Hbond substituents is 2. The molecule has 1 aliphatic carbocycles. The van der Waals surface area contributed by atoms with Crippen molar-refractivity contribution in [2.45, 2.75) is 44.6 Å². The SMILES string of the molecule is O=C(NCCc1ccc(O)c(O)c1)OC1CCCCC1. The van der Waals surface area contributed by atoms with Gasteiger partial charge >= 0.3 is 6.09 Å². The van der Waals surface area contributed by atoms with Crippen molar-refractivity contribution in [1.29, 1.82) is 0 Å². The molecular weight excluding hydrogens is 258 g/mol. The summed E-state index contributed by atoms with van der Waals surface area (Å²) in [5.41, 5.74) is 0.846. The predicted octanol–water partition coefficient (Wildman–Crippen LogP) is 2.70. The summed E-state index contributed by atoms with van der Waals surface area (Å²) in [7, 11) is 0. The van der Waals surface area contributed by atoms with Gasteiger partial charge in [0.05, 0.1) is 0 Å². The molecule has 1 aromatic rings. The maximum atomic E-state index is 11.6. The molecule has 0 bridgehead atoms. The zero-order valence-corrected chi connectivity index (χ0v) is 11.5. The molecule has 0 radical (unpaired) electrons. The lowest BCUT2D eigenvalue weighted by molar-refractivity contribution is 0.0755. The van der Waals surface area contributed by atoms with Crippen molar-refractivity contribution >= 4 is 6.09 Å². The number of hydrogen-bond acceptors (Lipinski definition) is 4. The largest absolute Gasteiger partial charge is 0.504 e. The number of rotatable bonds is 4. The van der Waals surface area contributed by atoms with Crippen molar-refractivity contribution in [3.8, 4) is 11.5 Å². The molecule has 5 nitrogen and oxygen atoms in total.